The molecule has 4 aliphatic rings. The summed E-state index contributed by atoms with van der Waals surface area (Å²) in [5.74, 6) is 2.87. The van der Waals surface area contributed by atoms with Crippen LogP contribution in [-0.2, 0) is 4.79 Å². The summed E-state index contributed by atoms with van der Waals surface area (Å²) in [6.45, 7) is 7.35. The Morgan fingerprint density at radius 2 is 1.83 bits per heavy atom. The van der Waals surface area contributed by atoms with Gasteiger partial charge in [0.25, 0.3) is 0 Å². The minimum Gasteiger partial charge on any atom is -0.353 e. The van der Waals surface area contributed by atoms with Gasteiger partial charge < -0.3 is 5.32 Å². The first kappa shape index (κ1) is 18.4. The molecule has 0 aromatic rings. The highest BCUT2D eigenvalue weighted by atomic mass is 32.2. The molecule has 1 N–H and O–H groups in total. The molecule has 0 bridgehead atoms. The molecule has 3 heteroatoms. The highest BCUT2D eigenvalue weighted by Crippen LogP contribution is 2.63. The smallest absolute Gasteiger partial charge is 0.220 e. The number of piperidine rings is 1. The van der Waals surface area contributed by atoms with E-state index in [0.717, 1.165) is 30.6 Å². The number of rotatable bonds is 0. The van der Waals surface area contributed by atoms with Crippen molar-refractivity contribution in [3.05, 3.63) is 11.6 Å². The van der Waals surface area contributed by atoms with E-state index in [2.05, 4.69) is 32.2 Å². The van der Waals surface area contributed by atoms with Crippen LogP contribution in [0.4, 0.5) is 0 Å². The predicted molar refractivity (Wildman–Crippen MR) is 104 cm³/mol. The fourth-order valence-corrected chi connectivity index (χ4v) is 6.48. The molecule has 2 nitrogen and oxygen atoms in total. The summed E-state index contributed by atoms with van der Waals surface area (Å²) < 4.78 is 0. The number of nitrogens with one attached hydrogen (secondary N) is 1. The van der Waals surface area contributed by atoms with Crippen LogP contribution in [0, 0.1) is 28.6 Å². The fourth-order valence-electron chi connectivity index (χ4n) is 6.48. The predicted octanol–water partition coefficient (Wildman–Crippen LogP) is 5.04. The fraction of sp³-hybridized carbons (Fsp3) is 0.857. The highest BCUT2D eigenvalue weighted by Gasteiger charge is 2.58. The lowest BCUT2D eigenvalue weighted by molar-refractivity contribution is -0.135. The maximum Gasteiger partial charge on any atom is 0.220 e. The van der Waals surface area contributed by atoms with E-state index in [9.17, 15) is 4.79 Å². The molecule has 0 radical (unpaired) electrons. The molecule has 3 aliphatic carbocycles. The molecule has 6 unspecified atom stereocenters. The number of thioether (sulfide) groups is 1. The van der Waals surface area contributed by atoms with E-state index in [1.54, 1.807) is 17.3 Å². The van der Waals surface area contributed by atoms with Crippen molar-refractivity contribution in [2.24, 2.45) is 28.6 Å². The van der Waals surface area contributed by atoms with E-state index in [1.165, 1.54) is 32.1 Å². The van der Waals surface area contributed by atoms with Crippen molar-refractivity contribution in [2.75, 3.05) is 12.5 Å². The van der Waals surface area contributed by atoms with Gasteiger partial charge in [0.2, 0.25) is 5.91 Å². The standard InChI is InChI=1S/C19H29NO.C2H6S/c1-12-4-6-14-13-5-7-16-19(3,11-9-17(21)20-16)15(13)8-10-18(12,14)2;1-3-2/h4,13-16H,5-11H2,1-3H3,(H,20,21);1-2H3. The molecule has 136 valence electrons. The quantitative estimate of drug-likeness (QED) is 0.621. The minimum atomic E-state index is 0.287. The Morgan fingerprint density at radius 3 is 2.54 bits per heavy atom. The molecule has 1 amide bonds. The third kappa shape index (κ3) is 2.75. The normalized spacial score (nSPS) is 46.5. The van der Waals surface area contributed by atoms with Crippen LogP contribution in [0.1, 0.15) is 65.7 Å². The van der Waals surface area contributed by atoms with Gasteiger partial charge in [-0.25, -0.2) is 0 Å². The molecule has 2 saturated carbocycles. The highest BCUT2D eigenvalue weighted by molar-refractivity contribution is 7.97. The Kier molecular flexibility index (Phi) is 5.12. The Morgan fingerprint density at radius 1 is 1.12 bits per heavy atom. The zero-order valence-electron chi connectivity index (χ0n) is 16.2. The van der Waals surface area contributed by atoms with Crippen LogP contribution < -0.4 is 5.32 Å². The molecule has 4 rings (SSSR count). The number of carbonyl (C=O) groups is 1. The van der Waals surface area contributed by atoms with E-state index < -0.39 is 0 Å². The van der Waals surface area contributed by atoms with Crippen LogP contribution in [0.2, 0.25) is 0 Å². The van der Waals surface area contributed by atoms with E-state index in [-0.39, 0.29) is 5.91 Å². The van der Waals surface area contributed by atoms with Crippen molar-refractivity contribution in [1.29, 1.82) is 0 Å². The molecule has 1 heterocycles. The van der Waals surface area contributed by atoms with Crippen LogP contribution >= 0.6 is 11.8 Å². The van der Waals surface area contributed by atoms with E-state index >= 15 is 0 Å². The minimum absolute atomic E-state index is 0.287. The van der Waals surface area contributed by atoms with Gasteiger partial charge in [-0.15, -0.1) is 0 Å². The van der Waals surface area contributed by atoms with Gasteiger partial charge in [-0.3, -0.25) is 4.79 Å². The van der Waals surface area contributed by atoms with Crippen LogP contribution in [-0.4, -0.2) is 24.5 Å². The number of fused-ring (bicyclic) bond motifs is 5. The Balaban J connectivity index is 0.000000526. The molecule has 6 atom stereocenters. The van der Waals surface area contributed by atoms with Crippen LogP contribution in [0.25, 0.3) is 0 Å². The maximum atomic E-state index is 11.8. The Labute approximate surface area is 152 Å². The molecule has 0 spiro atoms. The monoisotopic (exact) mass is 349 g/mol. The molecule has 3 fully saturated rings. The largest absolute Gasteiger partial charge is 0.353 e. The van der Waals surface area contributed by atoms with E-state index in [4.69, 9.17) is 0 Å². The van der Waals surface area contributed by atoms with Crippen molar-refractivity contribution >= 4 is 17.7 Å². The molecular formula is C21H35NOS. The van der Waals surface area contributed by atoms with Crippen molar-refractivity contribution in [3.8, 4) is 0 Å². The lowest BCUT2D eigenvalue weighted by Gasteiger charge is -2.60. The molecule has 24 heavy (non-hydrogen) atoms. The van der Waals surface area contributed by atoms with Gasteiger partial charge in [0.15, 0.2) is 0 Å². The Hall–Kier alpha value is -0.440. The molecular weight excluding hydrogens is 314 g/mol. The third-order valence-corrected chi connectivity index (χ3v) is 8.06. The van der Waals surface area contributed by atoms with Gasteiger partial charge in [-0.1, -0.05) is 25.5 Å². The lowest BCUT2D eigenvalue weighted by Crippen LogP contribution is -2.60. The van der Waals surface area contributed by atoms with Gasteiger partial charge >= 0.3 is 0 Å². The Bertz CT molecular complexity index is 530. The summed E-state index contributed by atoms with van der Waals surface area (Å²) in [6.07, 6.45) is 15.0. The summed E-state index contributed by atoms with van der Waals surface area (Å²) in [6, 6.07) is 0.444. The first-order chi connectivity index (χ1) is 11.4. The van der Waals surface area contributed by atoms with Crippen LogP contribution in [0.5, 0.6) is 0 Å². The molecule has 1 aliphatic heterocycles. The van der Waals surface area contributed by atoms with Gasteiger partial charge in [0.05, 0.1) is 0 Å². The summed E-state index contributed by atoms with van der Waals surface area (Å²) in [5.41, 5.74) is 2.48. The van der Waals surface area contributed by atoms with Crippen molar-refractivity contribution in [2.45, 2.75) is 71.8 Å². The summed E-state index contributed by atoms with van der Waals surface area (Å²) in [4.78, 5) is 11.8. The second kappa shape index (κ2) is 6.70. The SMILES string of the molecule is CC1=CCC2C3CCC4NC(=O)CCC4(C)C3CCC12C.CSC. The second-order valence-electron chi connectivity index (χ2n) is 9.07. The van der Waals surface area contributed by atoms with Crippen LogP contribution in [0.15, 0.2) is 11.6 Å². The average Bonchev–Trinajstić information content (AvgIpc) is 2.84. The van der Waals surface area contributed by atoms with Crippen molar-refractivity contribution < 1.29 is 4.79 Å². The van der Waals surface area contributed by atoms with Gasteiger partial charge in [-0.05, 0) is 86.5 Å². The first-order valence-electron chi connectivity index (χ1n) is 9.73. The topological polar surface area (TPSA) is 29.1 Å². The van der Waals surface area contributed by atoms with Crippen molar-refractivity contribution in [1.82, 2.24) is 5.32 Å². The zero-order valence-corrected chi connectivity index (χ0v) is 17.0. The van der Waals surface area contributed by atoms with Crippen molar-refractivity contribution in [3.63, 3.8) is 0 Å². The second-order valence-corrected chi connectivity index (χ2v) is 9.88. The summed E-state index contributed by atoms with van der Waals surface area (Å²) in [5, 5.41) is 3.32. The summed E-state index contributed by atoms with van der Waals surface area (Å²) in [7, 11) is 0. The maximum absolute atomic E-state index is 11.8. The van der Waals surface area contributed by atoms with Gasteiger partial charge in [-0.2, -0.15) is 11.8 Å². The van der Waals surface area contributed by atoms with E-state index in [0.29, 0.717) is 16.9 Å². The number of amides is 1. The van der Waals surface area contributed by atoms with Gasteiger partial charge in [0.1, 0.15) is 0 Å². The number of hydrogen-bond donors (Lipinski definition) is 1. The van der Waals surface area contributed by atoms with Crippen LogP contribution in [0.3, 0.4) is 0 Å². The summed E-state index contributed by atoms with van der Waals surface area (Å²) >= 11 is 1.75. The zero-order chi connectivity index (χ0) is 17.5. The number of carbonyl (C=O) groups excluding carboxylic acids is 1. The number of allylic oxidation sites excluding steroid dienone is 2. The van der Waals surface area contributed by atoms with Gasteiger partial charge in [0, 0.05) is 12.5 Å². The third-order valence-electron chi connectivity index (χ3n) is 8.06. The molecule has 0 aromatic carbocycles. The molecule has 0 aromatic heterocycles. The molecule has 1 saturated heterocycles. The lowest BCUT2D eigenvalue weighted by atomic mass is 9.47. The average molecular weight is 350 g/mol. The van der Waals surface area contributed by atoms with E-state index in [1.807, 2.05) is 12.5 Å². The number of hydrogen-bond acceptors (Lipinski definition) is 2. The first-order valence-corrected chi connectivity index (χ1v) is 11.4.